The minimum absolute atomic E-state index is 0.0354. The summed E-state index contributed by atoms with van der Waals surface area (Å²) in [4.78, 5) is 14.9. The summed E-state index contributed by atoms with van der Waals surface area (Å²) in [6.45, 7) is 9.62. The lowest BCUT2D eigenvalue weighted by Crippen LogP contribution is -2.50. The Morgan fingerprint density at radius 3 is 2.03 bits per heavy atom. The minimum Gasteiger partial charge on any atom is -0.336 e. The first-order chi connectivity index (χ1) is 13.7. The maximum Gasteiger partial charge on any atom is 0.253 e. The molecule has 5 nitrogen and oxygen atoms in total. The summed E-state index contributed by atoms with van der Waals surface area (Å²) in [6, 6.07) is 13.0. The van der Waals surface area contributed by atoms with Crippen LogP contribution in [0.25, 0.3) is 0 Å². The molecule has 2 aromatic rings. The Morgan fingerprint density at radius 2 is 1.52 bits per heavy atom. The fourth-order valence-corrected chi connectivity index (χ4v) is 5.19. The van der Waals surface area contributed by atoms with Crippen LogP contribution < -0.4 is 0 Å². The molecule has 1 saturated heterocycles. The zero-order valence-corrected chi connectivity index (χ0v) is 18.5. The maximum absolute atomic E-state index is 13.0. The molecule has 6 heteroatoms. The number of aryl methyl sites for hydroxylation is 2. The fourth-order valence-electron chi connectivity index (χ4n) is 3.77. The third-order valence-electron chi connectivity index (χ3n) is 5.69. The van der Waals surface area contributed by atoms with E-state index < -0.39 is 10.0 Å². The minimum atomic E-state index is -3.54. The van der Waals surface area contributed by atoms with Crippen molar-refractivity contribution in [2.75, 3.05) is 26.2 Å². The summed E-state index contributed by atoms with van der Waals surface area (Å²) in [5.41, 5.74) is 3.92. The van der Waals surface area contributed by atoms with E-state index in [0.29, 0.717) is 42.6 Å². The van der Waals surface area contributed by atoms with Gasteiger partial charge in [-0.25, -0.2) is 8.42 Å². The first-order valence-electron chi connectivity index (χ1n) is 10.2. The lowest BCUT2D eigenvalue weighted by molar-refractivity contribution is 0.0697. The standard InChI is InChI=1S/C23H30N2O3S/c1-5-19(4)20-6-8-22(9-7-20)29(27,28)25-12-10-24(11-13-25)23(26)21-15-17(2)14-18(3)16-21/h6-9,14-16,19H,5,10-13H2,1-4H3/t19-/m0/s1. The summed E-state index contributed by atoms with van der Waals surface area (Å²) in [7, 11) is -3.54. The zero-order chi connectivity index (χ0) is 21.2. The third kappa shape index (κ3) is 4.70. The molecule has 0 bridgehead atoms. The molecular weight excluding hydrogens is 384 g/mol. The van der Waals surface area contributed by atoms with Crippen LogP contribution in [0.15, 0.2) is 47.4 Å². The number of rotatable bonds is 5. The second-order valence-electron chi connectivity index (χ2n) is 7.95. The highest BCUT2D eigenvalue weighted by molar-refractivity contribution is 7.89. The van der Waals surface area contributed by atoms with E-state index in [1.54, 1.807) is 17.0 Å². The van der Waals surface area contributed by atoms with Gasteiger partial charge in [0.15, 0.2) is 0 Å². The van der Waals surface area contributed by atoms with E-state index in [-0.39, 0.29) is 5.91 Å². The van der Waals surface area contributed by atoms with Crippen molar-refractivity contribution >= 4 is 15.9 Å². The number of sulfonamides is 1. The van der Waals surface area contributed by atoms with Crippen molar-refractivity contribution in [3.8, 4) is 0 Å². The predicted molar refractivity (Wildman–Crippen MR) is 116 cm³/mol. The van der Waals surface area contributed by atoms with E-state index in [2.05, 4.69) is 13.8 Å². The van der Waals surface area contributed by atoms with Gasteiger partial charge in [-0.1, -0.05) is 43.2 Å². The predicted octanol–water partition coefficient (Wildman–Crippen LogP) is 3.96. The third-order valence-corrected chi connectivity index (χ3v) is 7.61. The number of amides is 1. The largest absolute Gasteiger partial charge is 0.336 e. The highest BCUT2D eigenvalue weighted by Crippen LogP contribution is 2.23. The molecule has 0 N–H and O–H groups in total. The first kappa shape index (κ1) is 21.5. The van der Waals surface area contributed by atoms with Gasteiger partial charge in [-0.2, -0.15) is 4.31 Å². The molecule has 1 atom stereocenters. The SMILES string of the molecule is CC[C@H](C)c1ccc(S(=O)(=O)N2CCN(C(=O)c3cc(C)cc(C)c3)CC2)cc1. The monoisotopic (exact) mass is 414 g/mol. The summed E-state index contributed by atoms with van der Waals surface area (Å²) in [5, 5.41) is 0. The van der Waals surface area contributed by atoms with Gasteiger partial charge in [0, 0.05) is 31.7 Å². The van der Waals surface area contributed by atoms with Crippen molar-refractivity contribution in [1.29, 1.82) is 0 Å². The van der Waals surface area contributed by atoms with E-state index in [0.717, 1.165) is 23.1 Å². The molecule has 1 heterocycles. The van der Waals surface area contributed by atoms with Gasteiger partial charge >= 0.3 is 0 Å². The topological polar surface area (TPSA) is 57.7 Å². The molecule has 0 saturated carbocycles. The molecule has 1 fully saturated rings. The molecule has 0 aromatic heterocycles. The van der Waals surface area contributed by atoms with Crippen LogP contribution in [0, 0.1) is 13.8 Å². The van der Waals surface area contributed by atoms with Crippen LogP contribution in [0.3, 0.4) is 0 Å². The van der Waals surface area contributed by atoms with Gasteiger partial charge in [-0.3, -0.25) is 4.79 Å². The van der Waals surface area contributed by atoms with Crippen LogP contribution in [0.2, 0.25) is 0 Å². The van der Waals surface area contributed by atoms with Crippen molar-refractivity contribution in [2.45, 2.75) is 44.9 Å². The average molecular weight is 415 g/mol. The van der Waals surface area contributed by atoms with Gasteiger partial charge in [-0.15, -0.1) is 0 Å². The molecule has 2 aromatic carbocycles. The number of carbonyl (C=O) groups is 1. The van der Waals surface area contributed by atoms with E-state index in [1.807, 2.05) is 44.2 Å². The van der Waals surface area contributed by atoms with Crippen LogP contribution in [0.5, 0.6) is 0 Å². The summed E-state index contributed by atoms with van der Waals surface area (Å²) < 4.78 is 27.5. The number of hydrogen-bond acceptors (Lipinski definition) is 3. The lowest BCUT2D eigenvalue weighted by Gasteiger charge is -2.34. The molecule has 3 rings (SSSR count). The average Bonchev–Trinajstić information content (AvgIpc) is 2.72. The second-order valence-corrected chi connectivity index (χ2v) is 9.89. The molecule has 29 heavy (non-hydrogen) atoms. The molecule has 156 valence electrons. The molecule has 1 aliphatic rings. The van der Waals surface area contributed by atoms with Crippen molar-refractivity contribution in [3.05, 3.63) is 64.7 Å². The molecule has 1 aliphatic heterocycles. The molecule has 0 spiro atoms. The molecular formula is C23H30N2O3S. The Labute approximate surface area is 174 Å². The van der Waals surface area contributed by atoms with Crippen LogP contribution in [-0.2, 0) is 10.0 Å². The highest BCUT2D eigenvalue weighted by Gasteiger charge is 2.30. The quantitative estimate of drug-likeness (QED) is 0.744. The van der Waals surface area contributed by atoms with Crippen LogP contribution >= 0.6 is 0 Å². The van der Waals surface area contributed by atoms with Crippen molar-refractivity contribution < 1.29 is 13.2 Å². The number of nitrogens with zero attached hydrogens (tertiary/aromatic N) is 2. The number of piperazine rings is 1. The van der Waals surface area contributed by atoms with E-state index in [4.69, 9.17) is 0 Å². The van der Waals surface area contributed by atoms with Gasteiger partial charge in [0.05, 0.1) is 4.90 Å². The normalized spacial score (nSPS) is 16.6. The van der Waals surface area contributed by atoms with Crippen molar-refractivity contribution in [2.24, 2.45) is 0 Å². The summed E-state index contributed by atoms with van der Waals surface area (Å²) >= 11 is 0. The van der Waals surface area contributed by atoms with E-state index >= 15 is 0 Å². The highest BCUT2D eigenvalue weighted by atomic mass is 32.2. The second kappa shape index (κ2) is 8.67. The maximum atomic E-state index is 13.0. The van der Waals surface area contributed by atoms with Crippen molar-refractivity contribution in [1.82, 2.24) is 9.21 Å². The van der Waals surface area contributed by atoms with E-state index in [1.165, 1.54) is 4.31 Å². The van der Waals surface area contributed by atoms with Gasteiger partial charge in [0.25, 0.3) is 5.91 Å². The molecule has 0 aliphatic carbocycles. The van der Waals surface area contributed by atoms with E-state index in [9.17, 15) is 13.2 Å². The number of benzene rings is 2. The Bertz CT molecular complexity index is 955. The van der Waals surface area contributed by atoms with Crippen molar-refractivity contribution in [3.63, 3.8) is 0 Å². The first-order valence-corrected chi connectivity index (χ1v) is 11.6. The van der Waals surface area contributed by atoms with Gasteiger partial charge in [0.1, 0.15) is 0 Å². The molecule has 0 unspecified atom stereocenters. The Kier molecular flexibility index (Phi) is 6.44. The smallest absolute Gasteiger partial charge is 0.253 e. The molecule has 0 radical (unpaired) electrons. The fraction of sp³-hybridized carbons (Fsp3) is 0.435. The van der Waals surface area contributed by atoms with Crippen LogP contribution in [0.1, 0.15) is 53.2 Å². The number of hydrogen-bond donors (Lipinski definition) is 0. The Hall–Kier alpha value is -2.18. The number of carbonyl (C=O) groups excluding carboxylic acids is 1. The van der Waals surface area contributed by atoms with Crippen LogP contribution in [0.4, 0.5) is 0 Å². The van der Waals surface area contributed by atoms with Gasteiger partial charge in [0.2, 0.25) is 10.0 Å². The Balaban J connectivity index is 1.68. The zero-order valence-electron chi connectivity index (χ0n) is 17.7. The van der Waals surface area contributed by atoms with Crippen LogP contribution in [-0.4, -0.2) is 49.7 Å². The van der Waals surface area contributed by atoms with Gasteiger partial charge < -0.3 is 4.90 Å². The lowest BCUT2D eigenvalue weighted by atomic mass is 9.99. The molecule has 1 amide bonds. The Morgan fingerprint density at radius 1 is 0.966 bits per heavy atom. The summed E-state index contributed by atoms with van der Waals surface area (Å²) in [5.74, 6) is 0.373. The van der Waals surface area contributed by atoms with Gasteiger partial charge in [-0.05, 0) is 56.0 Å². The summed E-state index contributed by atoms with van der Waals surface area (Å²) in [6.07, 6.45) is 1.02.